The fourth-order valence-corrected chi connectivity index (χ4v) is 3.18. The number of nitrogens with two attached hydrogens (primary N) is 1. The van der Waals surface area contributed by atoms with E-state index in [4.69, 9.17) is 5.73 Å². The van der Waals surface area contributed by atoms with Gasteiger partial charge in [-0.1, -0.05) is 32.9 Å². The lowest BCUT2D eigenvalue weighted by molar-refractivity contribution is 0.302. The maximum atomic E-state index is 6.20. The molecule has 0 radical (unpaired) electrons. The summed E-state index contributed by atoms with van der Waals surface area (Å²) in [5.41, 5.74) is 8.37. The van der Waals surface area contributed by atoms with Gasteiger partial charge in [0.1, 0.15) is 5.82 Å². The summed E-state index contributed by atoms with van der Waals surface area (Å²) in [4.78, 5) is 4.53. The van der Waals surface area contributed by atoms with Gasteiger partial charge < -0.3 is 11.1 Å². The predicted molar refractivity (Wildman–Crippen MR) is 92.7 cm³/mol. The Bertz CT molecular complexity index is 651. The molecule has 3 nitrogen and oxygen atoms in total. The van der Waals surface area contributed by atoms with Crippen LogP contribution in [0.3, 0.4) is 0 Å². The van der Waals surface area contributed by atoms with E-state index in [1.54, 1.807) is 0 Å². The molecule has 0 saturated carbocycles. The Morgan fingerprint density at radius 2 is 1.71 bits per heavy atom. The summed E-state index contributed by atoms with van der Waals surface area (Å²) in [5, 5.41) is 5.75. The Balaban J connectivity index is 2.42. The first kappa shape index (κ1) is 15.6. The van der Waals surface area contributed by atoms with Crippen molar-refractivity contribution in [2.45, 2.75) is 53.5 Å². The monoisotopic (exact) mass is 285 g/mol. The quantitative estimate of drug-likeness (QED) is 0.800. The molecule has 0 saturated heterocycles. The van der Waals surface area contributed by atoms with Gasteiger partial charge in [0, 0.05) is 28.2 Å². The zero-order valence-electron chi connectivity index (χ0n) is 14.0. The van der Waals surface area contributed by atoms with Gasteiger partial charge in [0.2, 0.25) is 0 Å². The van der Waals surface area contributed by atoms with Gasteiger partial charge in [-0.15, -0.1) is 0 Å². The number of anilines is 2. The number of hydrogen-bond donors (Lipinski definition) is 2. The Labute approximate surface area is 128 Å². The molecule has 3 heteroatoms. The average molecular weight is 285 g/mol. The summed E-state index contributed by atoms with van der Waals surface area (Å²) in [7, 11) is 0. The molecule has 2 aromatic rings. The van der Waals surface area contributed by atoms with E-state index in [1.165, 1.54) is 0 Å². The molecule has 0 amide bonds. The van der Waals surface area contributed by atoms with E-state index in [-0.39, 0.29) is 11.0 Å². The minimum absolute atomic E-state index is 0.0286. The van der Waals surface area contributed by atoms with Crippen molar-refractivity contribution in [1.29, 1.82) is 0 Å². The number of fused-ring (bicyclic) bond motifs is 1. The van der Waals surface area contributed by atoms with Gasteiger partial charge in [0.05, 0.1) is 0 Å². The van der Waals surface area contributed by atoms with Crippen molar-refractivity contribution < 1.29 is 0 Å². The Hall–Kier alpha value is -1.77. The van der Waals surface area contributed by atoms with Crippen LogP contribution >= 0.6 is 0 Å². The third-order valence-corrected chi connectivity index (χ3v) is 3.63. The topological polar surface area (TPSA) is 50.9 Å². The Morgan fingerprint density at radius 1 is 1.05 bits per heavy atom. The minimum Gasteiger partial charge on any atom is -0.398 e. The molecule has 0 spiro atoms. The molecule has 3 N–H and O–H groups in total. The number of benzene rings is 1. The molecule has 0 atom stereocenters. The van der Waals surface area contributed by atoms with Crippen molar-refractivity contribution in [3.8, 4) is 0 Å². The highest BCUT2D eigenvalue weighted by Gasteiger charge is 2.26. The third kappa shape index (κ3) is 3.66. The highest BCUT2D eigenvalue weighted by atomic mass is 15.0. The van der Waals surface area contributed by atoms with Crippen LogP contribution in [0.15, 0.2) is 24.4 Å². The van der Waals surface area contributed by atoms with Crippen LogP contribution in [0.1, 0.15) is 46.6 Å². The van der Waals surface area contributed by atoms with Crippen LogP contribution in [0.4, 0.5) is 11.5 Å². The molecule has 0 unspecified atom stereocenters. The predicted octanol–water partition coefficient (Wildman–Crippen LogP) is 4.75. The minimum atomic E-state index is -0.0286. The van der Waals surface area contributed by atoms with E-state index in [2.05, 4.69) is 57.1 Å². The average Bonchev–Trinajstić information content (AvgIpc) is 2.31. The van der Waals surface area contributed by atoms with Crippen LogP contribution in [0.25, 0.3) is 10.8 Å². The van der Waals surface area contributed by atoms with E-state index in [1.807, 2.05) is 19.2 Å². The fraction of sp³-hybridized carbons (Fsp3) is 0.500. The molecule has 0 aliphatic heterocycles. The zero-order valence-corrected chi connectivity index (χ0v) is 14.0. The van der Waals surface area contributed by atoms with Crippen molar-refractivity contribution in [1.82, 2.24) is 4.98 Å². The summed E-state index contributed by atoms with van der Waals surface area (Å²) in [6.07, 6.45) is 2.88. The van der Waals surface area contributed by atoms with Crippen molar-refractivity contribution >= 4 is 22.3 Å². The second-order valence-corrected chi connectivity index (χ2v) is 7.80. The molecule has 0 fully saturated rings. The maximum Gasteiger partial charge on any atom is 0.134 e. The van der Waals surface area contributed by atoms with Crippen molar-refractivity contribution in [3.05, 3.63) is 30.0 Å². The van der Waals surface area contributed by atoms with Crippen LogP contribution < -0.4 is 11.1 Å². The smallest absolute Gasteiger partial charge is 0.134 e. The highest BCUT2D eigenvalue weighted by Crippen LogP contribution is 2.33. The van der Waals surface area contributed by atoms with Crippen LogP contribution in [0.5, 0.6) is 0 Å². The highest BCUT2D eigenvalue weighted by molar-refractivity contribution is 6.00. The maximum absolute atomic E-state index is 6.20. The number of aromatic nitrogens is 1. The van der Waals surface area contributed by atoms with Crippen molar-refractivity contribution in [3.63, 3.8) is 0 Å². The Kier molecular flexibility index (Phi) is 3.87. The summed E-state index contributed by atoms with van der Waals surface area (Å²) in [6.45, 7) is 13.2. The molecule has 21 heavy (non-hydrogen) atoms. The lowest BCUT2D eigenvalue weighted by Crippen LogP contribution is -2.35. The van der Waals surface area contributed by atoms with E-state index in [9.17, 15) is 0 Å². The van der Waals surface area contributed by atoms with E-state index in [0.717, 1.165) is 34.3 Å². The Morgan fingerprint density at radius 3 is 2.33 bits per heavy atom. The second kappa shape index (κ2) is 5.21. The standard InChI is InChI=1S/C18H27N3/c1-12-7-8-14-13(15(12)19)9-10-20-16(14)21-18(5,6)11-17(2,3)4/h7-10H,11,19H2,1-6H3,(H,20,21). The normalized spacial score (nSPS) is 12.7. The van der Waals surface area contributed by atoms with Crippen LogP contribution in [-0.4, -0.2) is 10.5 Å². The van der Waals surface area contributed by atoms with Crippen LogP contribution in [-0.2, 0) is 0 Å². The SMILES string of the molecule is Cc1ccc2c(NC(C)(C)CC(C)(C)C)nccc2c1N. The fourth-order valence-electron chi connectivity index (χ4n) is 3.18. The lowest BCUT2D eigenvalue weighted by atomic mass is 9.82. The van der Waals surface area contributed by atoms with Gasteiger partial charge in [-0.05, 0) is 44.2 Å². The van der Waals surface area contributed by atoms with Crippen LogP contribution in [0, 0.1) is 12.3 Å². The van der Waals surface area contributed by atoms with Crippen molar-refractivity contribution in [2.24, 2.45) is 5.41 Å². The number of hydrogen-bond acceptors (Lipinski definition) is 3. The summed E-state index contributed by atoms with van der Waals surface area (Å²) < 4.78 is 0. The van der Waals surface area contributed by atoms with E-state index in [0.29, 0.717) is 0 Å². The first-order valence-electron chi connectivity index (χ1n) is 7.51. The first-order valence-corrected chi connectivity index (χ1v) is 7.51. The van der Waals surface area contributed by atoms with Gasteiger partial charge in [-0.25, -0.2) is 4.98 Å². The van der Waals surface area contributed by atoms with Gasteiger partial charge in [0.15, 0.2) is 0 Å². The lowest BCUT2D eigenvalue weighted by Gasteiger charge is -2.34. The summed E-state index contributed by atoms with van der Waals surface area (Å²) >= 11 is 0. The molecule has 1 aromatic carbocycles. The molecule has 1 heterocycles. The van der Waals surface area contributed by atoms with Crippen molar-refractivity contribution in [2.75, 3.05) is 11.1 Å². The zero-order chi connectivity index (χ0) is 15.8. The largest absolute Gasteiger partial charge is 0.398 e. The molecule has 0 aliphatic rings. The van der Waals surface area contributed by atoms with Crippen LogP contribution in [0.2, 0.25) is 0 Å². The molecular weight excluding hydrogens is 258 g/mol. The molecule has 2 rings (SSSR count). The number of rotatable bonds is 3. The number of nitrogens with one attached hydrogen (secondary N) is 1. The van der Waals surface area contributed by atoms with E-state index >= 15 is 0 Å². The van der Waals surface area contributed by atoms with Gasteiger partial charge in [-0.2, -0.15) is 0 Å². The third-order valence-electron chi connectivity index (χ3n) is 3.63. The molecule has 0 bridgehead atoms. The first-order chi connectivity index (χ1) is 9.59. The second-order valence-electron chi connectivity index (χ2n) is 7.80. The summed E-state index contributed by atoms with van der Waals surface area (Å²) in [6, 6.07) is 6.14. The molecule has 1 aromatic heterocycles. The van der Waals surface area contributed by atoms with E-state index < -0.39 is 0 Å². The number of aryl methyl sites for hydroxylation is 1. The molecule has 0 aliphatic carbocycles. The molecule has 114 valence electrons. The number of nitrogen functional groups attached to an aromatic ring is 1. The van der Waals surface area contributed by atoms with Gasteiger partial charge >= 0.3 is 0 Å². The van der Waals surface area contributed by atoms with Gasteiger partial charge in [0.25, 0.3) is 0 Å². The number of pyridine rings is 1. The molecular formula is C18H27N3. The summed E-state index contributed by atoms with van der Waals surface area (Å²) in [5.74, 6) is 0.911. The van der Waals surface area contributed by atoms with Gasteiger partial charge in [-0.3, -0.25) is 0 Å². The number of nitrogens with zero attached hydrogens (tertiary/aromatic N) is 1.